The fourth-order valence-electron chi connectivity index (χ4n) is 10.1. The second kappa shape index (κ2) is 23.5. The third-order valence-electron chi connectivity index (χ3n) is 14.5. The number of rotatable bonds is 2. The molecule has 0 unspecified atom stereocenters. The lowest BCUT2D eigenvalue weighted by Crippen LogP contribution is -2.30. The third-order valence-corrected chi connectivity index (χ3v) is 14.5. The molecule has 11 nitrogen and oxygen atoms in total. The molecule has 0 aliphatic heterocycles. The Kier molecular flexibility index (Phi) is 17.1. The second-order valence-electron chi connectivity index (χ2n) is 19.5. The van der Waals surface area contributed by atoms with E-state index in [1.165, 1.54) is 37.3 Å². The molecule has 0 saturated carbocycles. The number of carbonyl (C=O) groups is 10. The normalized spacial score (nSPS) is 12.9. The lowest BCUT2D eigenvalue weighted by Gasteiger charge is -2.21. The van der Waals surface area contributed by atoms with Gasteiger partial charge in [-0.1, -0.05) is 62.0 Å². The molecule has 0 heterocycles. The zero-order valence-corrected chi connectivity index (χ0v) is 44.7. The van der Waals surface area contributed by atoms with Crippen molar-refractivity contribution in [2.75, 3.05) is 0 Å². The SMILES string of the molecule is C.CC(=O)c1c(C)c(F)c2c(c1F)C(=O)c1ccccc1C2=O.Cc1c(F)c(F)c2c(c1F)C(=O)c1c(F)c(F)c(F)c(F)c1C2=O.Cc1ccc2c(c1F)C(=O)c1ccccc1C2=O.O=C(O)c1c(F)c(F)c2c(c1F)C(=O)c1c(F)c(F)c(F)c(F)c1C2=O. The van der Waals surface area contributed by atoms with Gasteiger partial charge in [-0.25, -0.2) is 79.4 Å². The second-order valence-corrected chi connectivity index (χ2v) is 19.5. The molecular weight excluding hydrogens is 1260 g/mol. The average Bonchev–Trinajstić information content (AvgIpc) is 0.754. The first kappa shape index (κ1) is 66.0. The van der Waals surface area contributed by atoms with E-state index in [1.807, 2.05) is 0 Å². The Morgan fingerprint density at radius 2 is 0.549 bits per heavy atom. The van der Waals surface area contributed by atoms with Gasteiger partial charge in [-0.05, 0) is 44.9 Å². The van der Waals surface area contributed by atoms with Gasteiger partial charge in [0.15, 0.2) is 105 Å². The largest absolute Gasteiger partial charge is 0.477 e. The van der Waals surface area contributed by atoms with Gasteiger partial charge in [-0.15, -0.1) is 0 Å². The molecule has 12 rings (SSSR count). The zero-order valence-electron chi connectivity index (χ0n) is 44.7. The minimum Gasteiger partial charge on any atom is -0.477 e. The fourth-order valence-corrected chi connectivity index (χ4v) is 10.1. The summed E-state index contributed by atoms with van der Waals surface area (Å²) in [5.41, 5.74) is -17.0. The van der Waals surface area contributed by atoms with Crippen LogP contribution in [-0.2, 0) is 0 Å². The van der Waals surface area contributed by atoms with E-state index in [2.05, 4.69) is 0 Å². The zero-order chi connectivity index (χ0) is 66.8. The van der Waals surface area contributed by atoms with E-state index in [1.54, 1.807) is 37.3 Å². The number of ketones is 9. The fraction of sp³-hybridized carbons (Fsp3) is 0.0794. The van der Waals surface area contributed by atoms with E-state index in [0.717, 1.165) is 13.8 Å². The van der Waals surface area contributed by atoms with Gasteiger partial charge in [-0.2, -0.15) is 0 Å². The summed E-state index contributed by atoms with van der Waals surface area (Å²) in [5, 5.41) is 8.71. The first-order valence-electron chi connectivity index (χ1n) is 24.8. The number of hydrogen-bond acceptors (Lipinski definition) is 10. The van der Waals surface area contributed by atoms with Gasteiger partial charge < -0.3 is 5.11 Å². The molecule has 4 aliphatic carbocycles. The van der Waals surface area contributed by atoms with E-state index < -0.39 is 223 Å². The van der Waals surface area contributed by atoms with Crippen molar-refractivity contribution in [1.29, 1.82) is 0 Å². The molecule has 0 aromatic heterocycles. The highest BCUT2D eigenvalue weighted by Gasteiger charge is 2.47. The van der Waals surface area contributed by atoms with Gasteiger partial charge in [0.05, 0.1) is 66.8 Å². The molecule has 0 amide bonds. The summed E-state index contributed by atoms with van der Waals surface area (Å²) in [4.78, 5) is 120. The van der Waals surface area contributed by atoms with Crippen LogP contribution >= 0.6 is 0 Å². The third kappa shape index (κ3) is 9.70. The number of halogens is 17. The number of aromatic carboxylic acids is 1. The Hall–Kier alpha value is -10.9. The van der Waals surface area contributed by atoms with E-state index in [4.69, 9.17) is 5.11 Å². The summed E-state index contributed by atoms with van der Waals surface area (Å²) in [6.45, 7) is 4.62. The Balaban J connectivity index is 0.000000157. The predicted octanol–water partition coefficient (Wildman–Crippen LogP) is 13.7. The molecule has 8 aromatic rings. The van der Waals surface area contributed by atoms with Gasteiger partial charge in [-0.3, -0.25) is 43.2 Å². The van der Waals surface area contributed by atoms with Crippen molar-refractivity contribution in [2.24, 2.45) is 0 Å². The van der Waals surface area contributed by atoms with Crippen LogP contribution < -0.4 is 0 Å². The van der Waals surface area contributed by atoms with Crippen LogP contribution in [0.2, 0.25) is 0 Å². The van der Waals surface area contributed by atoms with E-state index in [0.29, 0.717) is 11.1 Å². The highest BCUT2D eigenvalue weighted by Crippen LogP contribution is 2.41. The average molecular weight is 1280 g/mol. The molecule has 91 heavy (non-hydrogen) atoms. The highest BCUT2D eigenvalue weighted by molar-refractivity contribution is 6.32. The van der Waals surface area contributed by atoms with Crippen LogP contribution in [0, 0.1) is 120 Å². The number of aryl methyl sites for hydroxylation is 1. The maximum atomic E-state index is 14.6. The van der Waals surface area contributed by atoms with E-state index in [9.17, 15) is 123 Å². The first-order valence-corrected chi connectivity index (χ1v) is 24.8. The van der Waals surface area contributed by atoms with Crippen LogP contribution in [0.1, 0.15) is 179 Å². The Bertz CT molecular complexity index is 4680. The van der Waals surface area contributed by atoms with Crippen LogP contribution in [0.25, 0.3) is 0 Å². The number of carbonyl (C=O) groups excluding carboxylic acids is 9. The van der Waals surface area contributed by atoms with Crippen LogP contribution in [0.5, 0.6) is 0 Å². The smallest absolute Gasteiger partial charge is 0.341 e. The Morgan fingerprint density at radius 3 is 0.912 bits per heavy atom. The molecule has 0 bridgehead atoms. The minimum absolute atomic E-state index is 0. The Morgan fingerprint density at radius 1 is 0.275 bits per heavy atom. The van der Waals surface area contributed by atoms with Gasteiger partial charge >= 0.3 is 5.97 Å². The van der Waals surface area contributed by atoms with Gasteiger partial charge in [0, 0.05) is 33.4 Å². The molecule has 4 aliphatic rings. The summed E-state index contributed by atoms with van der Waals surface area (Å²) in [5.74, 6) is -47.3. The van der Waals surface area contributed by atoms with Crippen LogP contribution in [0.4, 0.5) is 74.6 Å². The first-order chi connectivity index (χ1) is 42.1. The Labute approximate surface area is 496 Å². The molecule has 0 atom stereocenters. The van der Waals surface area contributed by atoms with Gasteiger partial charge in [0.2, 0.25) is 23.1 Å². The number of carboxylic acid groups (broad SMARTS) is 1. The molecule has 0 saturated heterocycles. The maximum absolute atomic E-state index is 14.6. The highest BCUT2D eigenvalue weighted by atomic mass is 19.2. The van der Waals surface area contributed by atoms with Crippen molar-refractivity contribution in [3.63, 3.8) is 0 Å². The van der Waals surface area contributed by atoms with Crippen LogP contribution in [0.15, 0.2) is 60.7 Å². The van der Waals surface area contributed by atoms with Crippen LogP contribution in [0.3, 0.4) is 0 Å². The number of carboxylic acids is 1. The van der Waals surface area contributed by atoms with Crippen molar-refractivity contribution < 1.29 is 128 Å². The summed E-state index contributed by atoms with van der Waals surface area (Å²) < 4.78 is 235. The maximum Gasteiger partial charge on any atom is 0.341 e. The van der Waals surface area contributed by atoms with Crippen molar-refractivity contribution in [3.05, 3.63) is 276 Å². The molecular formula is C63H27F17O11. The van der Waals surface area contributed by atoms with Crippen molar-refractivity contribution in [2.45, 2.75) is 35.1 Å². The number of fused-ring (bicyclic) bond motifs is 8. The summed E-state index contributed by atoms with van der Waals surface area (Å²) in [6, 6.07) is 15.4. The molecule has 0 fully saturated rings. The van der Waals surface area contributed by atoms with Crippen LogP contribution in [-0.4, -0.2) is 63.1 Å². The summed E-state index contributed by atoms with van der Waals surface area (Å²) in [7, 11) is 0. The topological polar surface area (TPSA) is 191 Å². The molecule has 28 heteroatoms. The molecule has 0 radical (unpaired) electrons. The van der Waals surface area contributed by atoms with Crippen molar-refractivity contribution in [3.8, 4) is 0 Å². The quantitative estimate of drug-likeness (QED) is 0.0750. The molecule has 464 valence electrons. The van der Waals surface area contributed by atoms with E-state index in [-0.39, 0.29) is 46.6 Å². The number of hydrogen-bond donors (Lipinski definition) is 1. The number of benzene rings is 8. The molecule has 1 N–H and O–H groups in total. The lowest BCUT2D eigenvalue weighted by atomic mass is 9.81. The lowest BCUT2D eigenvalue weighted by molar-refractivity contribution is 0.0682. The molecule has 0 spiro atoms. The minimum atomic E-state index is -2.51. The number of Topliss-reactive ketones (excluding diaryl/α,β-unsaturated/α-hetero) is 1. The van der Waals surface area contributed by atoms with Crippen molar-refractivity contribution in [1.82, 2.24) is 0 Å². The van der Waals surface area contributed by atoms with Crippen molar-refractivity contribution >= 4 is 58.0 Å². The monoisotopic (exact) mass is 1280 g/mol. The summed E-state index contributed by atoms with van der Waals surface area (Å²) >= 11 is 0. The summed E-state index contributed by atoms with van der Waals surface area (Å²) in [6.07, 6.45) is 0. The standard InChI is InChI=1S/C17H10F2O3.C15HF7O4.C15H3F7O2.C15H9FO2.CH4/c1-7-11(8(2)20)15(19)13-12(14(7)18)16(21)9-5-3-4-6-10(9)17(13)22;16-6-1-2(7(17)10(20)5(6)15(25)26)14(24)4-3(13(1)23)8(18)11(21)12(22)9(4)19;1-2-7(16)3-4(9(18)8(2)17)15(24)6-5(14(3)23)10(19)12(21)13(22)11(6)20;1-8-6-7-11-12(13(8)16)15(18)10-5-3-2-4-9(10)14(11)17;/h3-6H,1-2H3;(H,25,26);1H3;2-7H,1H3;1H4. The van der Waals surface area contributed by atoms with E-state index >= 15 is 0 Å². The predicted molar refractivity (Wildman–Crippen MR) is 276 cm³/mol. The molecule has 8 aromatic carbocycles. The van der Waals surface area contributed by atoms with Gasteiger partial charge in [0.25, 0.3) is 0 Å². The van der Waals surface area contributed by atoms with Gasteiger partial charge in [0.1, 0.15) is 28.8 Å².